The number of anilines is 1. The Balaban J connectivity index is 2.14. The van der Waals surface area contributed by atoms with Crippen LogP contribution in [0, 0.1) is 11.7 Å². The maximum Gasteiger partial charge on any atom is 0.415 e. The minimum Gasteiger partial charge on any atom is -0.465 e. The van der Waals surface area contributed by atoms with Crippen molar-refractivity contribution in [1.82, 2.24) is 5.32 Å². The molecule has 25 heavy (non-hydrogen) atoms. The zero-order valence-electron chi connectivity index (χ0n) is 12.5. The molecule has 2 heterocycles. The van der Waals surface area contributed by atoms with Gasteiger partial charge in [0, 0.05) is 22.9 Å². The molecule has 2 aliphatic rings. The highest BCUT2D eigenvalue weighted by molar-refractivity contribution is 8.13. The number of carboxylic acid groups (broad SMARTS) is 1. The summed E-state index contributed by atoms with van der Waals surface area (Å²) in [6, 6.07) is 3.53. The minimum atomic E-state index is -4.66. The van der Waals surface area contributed by atoms with Crippen LogP contribution in [0.15, 0.2) is 23.2 Å². The predicted octanol–water partition coefficient (Wildman–Crippen LogP) is 2.55. The number of hydrogen-bond donors (Lipinski definition) is 3. The van der Waals surface area contributed by atoms with Crippen LogP contribution < -0.4 is 11.1 Å². The average Bonchev–Trinajstić information content (AvgIpc) is 2.88. The smallest absolute Gasteiger partial charge is 0.415 e. The number of carbonyl (C=O) groups is 1. The van der Waals surface area contributed by atoms with Crippen molar-refractivity contribution in [3.8, 4) is 0 Å². The van der Waals surface area contributed by atoms with Crippen LogP contribution in [0.4, 0.5) is 28.0 Å². The van der Waals surface area contributed by atoms with Gasteiger partial charge in [-0.15, -0.1) is 0 Å². The second kappa shape index (κ2) is 6.06. The number of nitrogens with two attached hydrogens (primary N) is 1. The lowest BCUT2D eigenvalue weighted by Gasteiger charge is -2.36. The van der Waals surface area contributed by atoms with Crippen molar-refractivity contribution in [2.24, 2.45) is 10.9 Å². The molecule has 1 amide bonds. The molecule has 1 aromatic rings. The molecule has 0 spiro atoms. The van der Waals surface area contributed by atoms with E-state index in [1.54, 1.807) is 0 Å². The number of aliphatic imine (C=N–C) groups is 1. The number of halogens is 4. The monoisotopic (exact) mass is 379 g/mol. The van der Waals surface area contributed by atoms with Gasteiger partial charge in [0.2, 0.25) is 0 Å². The van der Waals surface area contributed by atoms with E-state index in [9.17, 15) is 22.4 Å². The molecule has 0 aromatic heterocycles. The number of fused-ring (bicyclic) bond motifs is 1. The molecule has 0 radical (unpaired) electrons. The molecule has 1 fully saturated rings. The van der Waals surface area contributed by atoms with Gasteiger partial charge in [0.05, 0.1) is 6.61 Å². The zero-order valence-corrected chi connectivity index (χ0v) is 13.3. The number of nitrogens with one attached hydrogen (secondary N) is 1. The van der Waals surface area contributed by atoms with Crippen molar-refractivity contribution in [3.05, 3.63) is 29.6 Å². The number of hydrogen-bond acceptors (Lipinski definition) is 5. The van der Waals surface area contributed by atoms with Crippen LogP contribution in [-0.4, -0.2) is 41.0 Å². The van der Waals surface area contributed by atoms with E-state index in [4.69, 9.17) is 15.6 Å². The fraction of sp³-hybridized carbons (Fsp3) is 0.429. The molecule has 0 saturated carbocycles. The zero-order chi connectivity index (χ0) is 18.4. The van der Waals surface area contributed by atoms with Gasteiger partial charge in [0.15, 0.2) is 11.3 Å². The molecule has 2 aliphatic heterocycles. The predicted molar refractivity (Wildman–Crippen MR) is 82.8 cm³/mol. The molecular weight excluding hydrogens is 366 g/mol. The summed E-state index contributed by atoms with van der Waals surface area (Å²) in [5.41, 5.74) is 3.96. The third kappa shape index (κ3) is 3.13. The van der Waals surface area contributed by atoms with E-state index >= 15 is 0 Å². The number of nitrogen functional groups attached to an aromatic ring is 1. The number of benzene rings is 1. The summed E-state index contributed by atoms with van der Waals surface area (Å²) in [4.78, 5) is 15.0. The van der Waals surface area contributed by atoms with Gasteiger partial charge < -0.3 is 15.6 Å². The summed E-state index contributed by atoms with van der Waals surface area (Å²) < 4.78 is 59.2. The first-order valence-corrected chi connectivity index (χ1v) is 8.08. The van der Waals surface area contributed by atoms with Gasteiger partial charge in [0.1, 0.15) is 11.4 Å². The Bertz CT molecular complexity index is 743. The fourth-order valence-corrected chi connectivity index (χ4v) is 4.28. The van der Waals surface area contributed by atoms with Gasteiger partial charge in [-0.1, -0.05) is 11.8 Å². The molecular formula is C14H13F4N3O3S. The second-order valence-corrected chi connectivity index (χ2v) is 6.71. The van der Waals surface area contributed by atoms with Crippen LogP contribution >= 0.6 is 11.8 Å². The van der Waals surface area contributed by atoms with Gasteiger partial charge in [0.25, 0.3) is 0 Å². The van der Waals surface area contributed by atoms with Gasteiger partial charge >= 0.3 is 12.3 Å². The molecule has 0 unspecified atom stereocenters. The molecule has 0 bridgehead atoms. The Labute approximate surface area is 143 Å². The number of amidine groups is 1. The first kappa shape index (κ1) is 17.8. The van der Waals surface area contributed by atoms with Crippen molar-refractivity contribution in [3.63, 3.8) is 0 Å². The molecule has 1 aromatic carbocycles. The van der Waals surface area contributed by atoms with Gasteiger partial charge in [-0.25, -0.2) is 14.2 Å². The second-order valence-electron chi connectivity index (χ2n) is 5.70. The Morgan fingerprint density at radius 1 is 1.48 bits per heavy atom. The Hall–Kier alpha value is -2.01. The lowest BCUT2D eigenvalue weighted by atomic mass is 9.78. The highest BCUT2D eigenvalue weighted by Gasteiger charge is 2.62. The lowest BCUT2D eigenvalue weighted by molar-refractivity contribution is -0.215. The van der Waals surface area contributed by atoms with Crippen molar-refractivity contribution in [1.29, 1.82) is 0 Å². The van der Waals surface area contributed by atoms with Crippen LogP contribution in [0.25, 0.3) is 0 Å². The van der Waals surface area contributed by atoms with Gasteiger partial charge in [-0.2, -0.15) is 13.2 Å². The van der Waals surface area contributed by atoms with Crippen LogP contribution in [0.5, 0.6) is 0 Å². The van der Waals surface area contributed by atoms with E-state index < -0.39 is 42.3 Å². The molecule has 3 rings (SSSR count). The molecule has 6 nitrogen and oxygen atoms in total. The van der Waals surface area contributed by atoms with Crippen LogP contribution in [0.1, 0.15) is 5.56 Å². The SMILES string of the molecule is Nc1ccc(F)c([C@]23CO[C@H](C(F)(F)F)[C@H]2CSC(NC(=O)O)=N3)c1. The fourth-order valence-electron chi connectivity index (χ4n) is 3.10. The summed E-state index contributed by atoms with van der Waals surface area (Å²) in [6.07, 6.45) is -8.20. The van der Waals surface area contributed by atoms with Crippen LogP contribution in [-0.2, 0) is 10.3 Å². The first-order valence-electron chi connectivity index (χ1n) is 7.10. The Kier molecular flexibility index (Phi) is 4.31. The topological polar surface area (TPSA) is 96.9 Å². The summed E-state index contributed by atoms with van der Waals surface area (Å²) in [5.74, 6) is -2.14. The van der Waals surface area contributed by atoms with E-state index in [-0.39, 0.29) is 22.2 Å². The number of ether oxygens (including phenoxy) is 1. The molecule has 4 N–H and O–H groups in total. The average molecular weight is 379 g/mol. The number of amides is 1. The highest BCUT2D eigenvalue weighted by atomic mass is 32.2. The summed E-state index contributed by atoms with van der Waals surface area (Å²) in [5, 5.41) is 10.7. The minimum absolute atomic E-state index is 0.114. The van der Waals surface area contributed by atoms with Crippen LogP contribution in [0.2, 0.25) is 0 Å². The first-order chi connectivity index (χ1) is 11.6. The number of alkyl halides is 3. The maximum absolute atomic E-state index is 14.4. The molecule has 1 saturated heterocycles. The quantitative estimate of drug-likeness (QED) is 0.515. The van der Waals surface area contributed by atoms with Crippen molar-refractivity contribution < 1.29 is 32.2 Å². The van der Waals surface area contributed by atoms with Crippen LogP contribution in [0.3, 0.4) is 0 Å². The third-order valence-electron chi connectivity index (χ3n) is 4.16. The molecule has 136 valence electrons. The maximum atomic E-state index is 14.4. The molecule has 0 aliphatic carbocycles. The van der Waals surface area contributed by atoms with Crippen molar-refractivity contribution in [2.75, 3.05) is 18.1 Å². The summed E-state index contributed by atoms with van der Waals surface area (Å²) in [6.45, 7) is -0.534. The Morgan fingerprint density at radius 2 is 2.20 bits per heavy atom. The molecule has 11 heteroatoms. The Morgan fingerprint density at radius 3 is 2.84 bits per heavy atom. The normalized spacial score (nSPS) is 29.0. The summed E-state index contributed by atoms with van der Waals surface area (Å²) in [7, 11) is 0. The van der Waals surface area contributed by atoms with E-state index in [2.05, 4.69) is 4.99 Å². The van der Waals surface area contributed by atoms with E-state index in [0.29, 0.717) is 0 Å². The highest BCUT2D eigenvalue weighted by Crippen LogP contribution is 2.52. The van der Waals surface area contributed by atoms with Gasteiger partial charge in [-0.3, -0.25) is 5.32 Å². The van der Waals surface area contributed by atoms with Crippen molar-refractivity contribution >= 4 is 28.7 Å². The largest absolute Gasteiger partial charge is 0.465 e. The van der Waals surface area contributed by atoms with E-state index in [0.717, 1.165) is 17.8 Å². The van der Waals surface area contributed by atoms with Crippen molar-refractivity contribution in [2.45, 2.75) is 17.8 Å². The number of rotatable bonds is 1. The van der Waals surface area contributed by atoms with Gasteiger partial charge in [-0.05, 0) is 18.2 Å². The van der Waals surface area contributed by atoms with E-state index in [1.807, 2.05) is 5.32 Å². The third-order valence-corrected chi connectivity index (χ3v) is 5.15. The lowest BCUT2D eigenvalue weighted by Crippen LogP contribution is -2.47. The van der Waals surface area contributed by atoms with E-state index in [1.165, 1.54) is 12.1 Å². The standard InChI is InChI=1S/C14H13F4N3O3S/c15-9-2-1-6(19)3-7(9)13-5-24-10(14(16,17)18)8(13)4-25-11(21-13)20-12(22)23/h1-3,8,10H,4-5,19H2,(H,20,21)(H,22,23)/t8-,10+,13-/m1/s1. The number of thioether (sulfide) groups is 1. The summed E-state index contributed by atoms with van der Waals surface area (Å²) >= 11 is 0.815. The number of nitrogens with zero attached hydrogens (tertiary/aromatic N) is 1. The molecule has 3 atom stereocenters.